The van der Waals surface area contributed by atoms with Crippen molar-refractivity contribution in [1.82, 2.24) is 4.90 Å². The highest BCUT2D eigenvalue weighted by Gasteiger charge is 2.32. The molecule has 0 aliphatic carbocycles. The molecule has 2 aliphatic rings. The lowest BCUT2D eigenvalue weighted by atomic mass is 9.92. The number of hydrogen-bond acceptors (Lipinski definition) is 4. The Kier molecular flexibility index (Phi) is 5.47. The van der Waals surface area contributed by atoms with Crippen LogP contribution < -0.4 is 4.90 Å². The molecule has 5 heteroatoms. The number of hydrogen-bond donors (Lipinski definition) is 2. The Morgan fingerprint density at radius 3 is 2.52 bits per heavy atom. The molecule has 3 rings (SSSR count). The molecular formula is C18H27ClN2O2. The Morgan fingerprint density at radius 1 is 1.17 bits per heavy atom. The number of benzene rings is 1. The van der Waals surface area contributed by atoms with Gasteiger partial charge in [-0.25, -0.2) is 0 Å². The van der Waals surface area contributed by atoms with Crippen LogP contribution in [0.5, 0.6) is 0 Å². The van der Waals surface area contributed by atoms with Crippen LogP contribution in [-0.2, 0) is 0 Å². The van der Waals surface area contributed by atoms with E-state index in [1.807, 2.05) is 6.92 Å². The molecule has 1 aromatic rings. The molecule has 2 N–H and O–H groups in total. The van der Waals surface area contributed by atoms with Crippen LogP contribution in [0.2, 0.25) is 5.02 Å². The molecule has 2 heterocycles. The highest BCUT2D eigenvalue weighted by molar-refractivity contribution is 6.31. The van der Waals surface area contributed by atoms with Crippen LogP contribution in [0, 0.1) is 12.8 Å². The Bertz CT molecular complexity index is 532. The number of aliphatic hydroxyl groups excluding tert-OH is 2. The normalized spacial score (nSPS) is 27.4. The molecule has 0 saturated carbocycles. The summed E-state index contributed by atoms with van der Waals surface area (Å²) in [5.74, 6) is 0.0565. The number of nitrogens with zero attached hydrogens (tertiary/aromatic N) is 2. The highest BCUT2D eigenvalue weighted by atomic mass is 35.5. The lowest BCUT2D eigenvalue weighted by molar-refractivity contribution is -0.0198. The van der Waals surface area contributed by atoms with Crippen LogP contribution in [0.3, 0.4) is 0 Å². The van der Waals surface area contributed by atoms with Crippen LogP contribution in [0.25, 0.3) is 0 Å². The number of rotatable bonds is 3. The summed E-state index contributed by atoms with van der Waals surface area (Å²) < 4.78 is 0. The number of piperidine rings is 2. The van der Waals surface area contributed by atoms with Gasteiger partial charge in [0, 0.05) is 48.9 Å². The van der Waals surface area contributed by atoms with E-state index in [4.69, 9.17) is 11.6 Å². The number of aliphatic hydroxyl groups is 2. The molecular weight excluding hydrogens is 312 g/mol. The quantitative estimate of drug-likeness (QED) is 0.887. The maximum absolute atomic E-state index is 10.1. The Morgan fingerprint density at radius 2 is 1.91 bits per heavy atom. The van der Waals surface area contributed by atoms with Gasteiger partial charge in [0.1, 0.15) is 0 Å². The molecule has 1 aromatic carbocycles. The van der Waals surface area contributed by atoms with E-state index in [0.717, 1.165) is 49.5 Å². The van der Waals surface area contributed by atoms with Gasteiger partial charge in [-0.15, -0.1) is 0 Å². The van der Waals surface area contributed by atoms with Gasteiger partial charge in [0.25, 0.3) is 0 Å². The first-order valence-electron chi connectivity index (χ1n) is 8.62. The first-order valence-corrected chi connectivity index (χ1v) is 9.00. The van der Waals surface area contributed by atoms with Gasteiger partial charge in [0.15, 0.2) is 0 Å². The van der Waals surface area contributed by atoms with Gasteiger partial charge in [-0.3, -0.25) is 4.90 Å². The second-order valence-electron chi connectivity index (χ2n) is 6.95. The fraction of sp³-hybridized carbons (Fsp3) is 0.667. The van der Waals surface area contributed by atoms with Crippen molar-refractivity contribution in [2.45, 2.75) is 38.3 Å². The first kappa shape index (κ1) is 17.0. The summed E-state index contributed by atoms with van der Waals surface area (Å²) >= 11 is 6.24. The molecule has 2 fully saturated rings. The van der Waals surface area contributed by atoms with E-state index < -0.39 is 0 Å². The molecule has 2 aliphatic heterocycles. The number of β-amino-alcohol motifs (C(OH)–C–C–N with tert-alkyl or cyclic N) is 1. The van der Waals surface area contributed by atoms with Gasteiger partial charge in [0.05, 0.1) is 6.10 Å². The molecule has 0 amide bonds. The van der Waals surface area contributed by atoms with Crippen molar-refractivity contribution in [3.05, 3.63) is 28.8 Å². The highest BCUT2D eigenvalue weighted by Crippen LogP contribution is 2.28. The molecule has 23 heavy (non-hydrogen) atoms. The Balaban J connectivity index is 1.55. The molecule has 0 unspecified atom stereocenters. The van der Waals surface area contributed by atoms with Crippen LogP contribution in [-0.4, -0.2) is 60.0 Å². The van der Waals surface area contributed by atoms with Crippen molar-refractivity contribution in [3.63, 3.8) is 0 Å². The summed E-state index contributed by atoms with van der Waals surface area (Å²) in [5, 5.41) is 20.2. The van der Waals surface area contributed by atoms with Crippen molar-refractivity contribution in [3.8, 4) is 0 Å². The minimum Gasteiger partial charge on any atom is -0.396 e. The summed E-state index contributed by atoms with van der Waals surface area (Å²) in [6, 6.07) is 6.84. The predicted molar refractivity (Wildman–Crippen MR) is 94.2 cm³/mol. The lowest BCUT2D eigenvalue weighted by Crippen LogP contribution is -2.52. The topological polar surface area (TPSA) is 46.9 Å². The van der Waals surface area contributed by atoms with Gasteiger partial charge in [-0.1, -0.05) is 17.7 Å². The third-order valence-corrected chi connectivity index (χ3v) is 5.90. The second kappa shape index (κ2) is 7.39. The molecule has 0 bridgehead atoms. The van der Waals surface area contributed by atoms with Crippen molar-refractivity contribution in [1.29, 1.82) is 0 Å². The van der Waals surface area contributed by atoms with E-state index in [0.29, 0.717) is 12.6 Å². The first-order chi connectivity index (χ1) is 11.1. The fourth-order valence-electron chi connectivity index (χ4n) is 3.82. The zero-order valence-corrected chi connectivity index (χ0v) is 14.5. The van der Waals surface area contributed by atoms with Crippen molar-refractivity contribution in [2.24, 2.45) is 5.92 Å². The molecule has 0 spiro atoms. The van der Waals surface area contributed by atoms with E-state index in [1.165, 1.54) is 5.69 Å². The SMILES string of the molecule is Cc1ccc(N2CCC(N3CC[C@H](CO)[C@H](O)C3)CC2)cc1Cl. The zero-order valence-electron chi connectivity index (χ0n) is 13.8. The largest absolute Gasteiger partial charge is 0.396 e. The Hall–Kier alpha value is -0.810. The molecule has 2 atom stereocenters. The average molecular weight is 339 g/mol. The molecule has 2 saturated heterocycles. The summed E-state index contributed by atoms with van der Waals surface area (Å²) in [6.07, 6.45) is 2.73. The van der Waals surface area contributed by atoms with Crippen LogP contribution >= 0.6 is 11.6 Å². The summed E-state index contributed by atoms with van der Waals surface area (Å²) in [5.41, 5.74) is 2.32. The third-order valence-electron chi connectivity index (χ3n) is 5.49. The number of likely N-dealkylation sites (tertiary alicyclic amines) is 1. The number of anilines is 1. The molecule has 0 aromatic heterocycles. The summed E-state index contributed by atoms with van der Waals surface area (Å²) in [4.78, 5) is 4.81. The van der Waals surface area contributed by atoms with E-state index in [1.54, 1.807) is 0 Å². The molecule has 0 radical (unpaired) electrons. The van der Waals surface area contributed by atoms with Crippen molar-refractivity contribution in [2.75, 3.05) is 37.7 Å². The standard InChI is InChI=1S/C18H27ClN2O2/c1-13-2-3-16(10-17(13)19)20-8-5-15(6-9-20)21-7-4-14(12-22)18(23)11-21/h2-3,10,14-15,18,22-23H,4-9,11-12H2,1H3/t14-,18-/m1/s1. The van der Waals surface area contributed by atoms with E-state index in [-0.39, 0.29) is 18.6 Å². The minimum absolute atomic E-state index is 0.0565. The molecule has 4 nitrogen and oxygen atoms in total. The van der Waals surface area contributed by atoms with E-state index >= 15 is 0 Å². The maximum Gasteiger partial charge on any atom is 0.0717 e. The minimum atomic E-state index is -0.386. The van der Waals surface area contributed by atoms with Crippen LogP contribution in [0.15, 0.2) is 18.2 Å². The summed E-state index contributed by atoms with van der Waals surface area (Å²) in [7, 11) is 0. The number of aryl methyl sites for hydroxylation is 1. The van der Waals surface area contributed by atoms with Crippen molar-refractivity contribution < 1.29 is 10.2 Å². The van der Waals surface area contributed by atoms with E-state index in [2.05, 4.69) is 28.0 Å². The summed E-state index contributed by atoms with van der Waals surface area (Å²) in [6.45, 7) is 5.87. The zero-order chi connectivity index (χ0) is 16.4. The van der Waals surface area contributed by atoms with Gasteiger partial charge in [0.2, 0.25) is 0 Å². The average Bonchev–Trinajstić information content (AvgIpc) is 2.57. The maximum atomic E-state index is 10.1. The number of halogens is 1. The van der Waals surface area contributed by atoms with Gasteiger partial charge >= 0.3 is 0 Å². The lowest BCUT2D eigenvalue weighted by Gasteiger charge is -2.43. The van der Waals surface area contributed by atoms with Gasteiger partial charge in [-0.2, -0.15) is 0 Å². The smallest absolute Gasteiger partial charge is 0.0717 e. The van der Waals surface area contributed by atoms with Gasteiger partial charge in [-0.05, 0) is 50.4 Å². The van der Waals surface area contributed by atoms with Gasteiger partial charge < -0.3 is 15.1 Å². The van der Waals surface area contributed by atoms with E-state index in [9.17, 15) is 10.2 Å². The fourth-order valence-corrected chi connectivity index (χ4v) is 3.99. The Labute approximate surface area is 143 Å². The third kappa shape index (κ3) is 3.82. The van der Waals surface area contributed by atoms with Crippen LogP contribution in [0.1, 0.15) is 24.8 Å². The predicted octanol–water partition coefficient (Wildman–Crippen LogP) is 2.29. The van der Waals surface area contributed by atoms with Crippen molar-refractivity contribution >= 4 is 17.3 Å². The molecule has 128 valence electrons. The van der Waals surface area contributed by atoms with Crippen LogP contribution in [0.4, 0.5) is 5.69 Å². The second-order valence-corrected chi connectivity index (χ2v) is 7.35. The monoisotopic (exact) mass is 338 g/mol.